The highest BCUT2D eigenvalue weighted by atomic mass is 35.5. The topological polar surface area (TPSA) is 46.9 Å². The molecule has 4 nitrogen and oxygen atoms in total. The van der Waals surface area contributed by atoms with Crippen LogP contribution in [0.25, 0.3) is 5.69 Å². The van der Waals surface area contributed by atoms with Gasteiger partial charge >= 0.3 is 6.18 Å². The Kier molecular flexibility index (Phi) is 4.88. The van der Waals surface area contributed by atoms with Crippen molar-refractivity contribution in [2.24, 2.45) is 0 Å². The van der Waals surface area contributed by atoms with Crippen molar-refractivity contribution in [3.8, 4) is 5.69 Å². The lowest BCUT2D eigenvalue weighted by Crippen LogP contribution is -2.41. The van der Waals surface area contributed by atoms with E-state index in [1.54, 1.807) is 20.8 Å². The molecule has 0 bridgehead atoms. The minimum absolute atomic E-state index is 0.0239. The number of alkyl halides is 3. The summed E-state index contributed by atoms with van der Waals surface area (Å²) in [5.41, 5.74) is -2.57. The highest BCUT2D eigenvalue weighted by Crippen LogP contribution is 2.35. The number of amides is 1. The van der Waals surface area contributed by atoms with E-state index in [2.05, 4.69) is 10.4 Å². The third-order valence-corrected chi connectivity index (χ3v) is 3.46. The molecule has 0 radical (unpaired) electrons. The summed E-state index contributed by atoms with van der Waals surface area (Å²) < 4.78 is 41.2. The van der Waals surface area contributed by atoms with Gasteiger partial charge in [0.2, 0.25) is 0 Å². The number of nitrogens with one attached hydrogen (secondary N) is 1. The summed E-state index contributed by atoms with van der Waals surface area (Å²) in [7, 11) is 0. The molecular formula is C15H14Cl2F3N3O. The van der Waals surface area contributed by atoms with Gasteiger partial charge in [-0.3, -0.25) is 4.79 Å². The van der Waals surface area contributed by atoms with Gasteiger partial charge in [-0.1, -0.05) is 23.2 Å². The maximum atomic E-state index is 13.5. The molecule has 9 heteroatoms. The zero-order chi connectivity index (χ0) is 18.3. The second kappa shape index (κ2) is 6.29. The number of rotatable bonds is 2. The standard InChI is InChI=1S/C15H14Cl2F3N3O/c1-14(2,3)22-13(24)9-7-21-23(12(9)15(18,19)20)11-6-8(16)4-5-10(11)17/h4-7H,1-3H3,(H,22,24). The van der Waals surface area contributed by atoms with Crippen molar-refractivity contribution in [2.45, 2.75) is 32.5 Å². The summed E-state index contributed by atoms with van der Waals surface area (Å²) in [5, 5.41) is 6.40. The van der Waals surface area contributed by atoms with Crippen molar-refractivity contribution in [1.29, 1.82) is 0 Å². The van der Waals surface area contributed by atoms with Crippen LogP contribution in [0.15, 0.2) is 24.4 Å². The van der Waals surface area contributed by atoms with Crippen LogP contribution in [0.1, 0.15) is 36.8 Å². The largest absolute Gasteiger partial charge is 0.434 e. The Hall–Kier alpha value is -1.73. The highest BCUT2D eigenvalue weighted by Gasteiger charge is 2.41. The summed E-state index contributed by atoms with van der Waals surface area (Å²) >= 11 is 11.8. The Balaban J connectivity index is 2.63. The molecule has 0 saturated carbocycles. The molecule has 1 heterocycles. The molecule has 0 atom stereocenters. The Morgan fingerprint density at radius 1 is 1.21 bits per heavy atom. The van der Waals surface area contributed by atoms with E-state index in [9.17, 15) is 18.0 Å². The molecule has 0 unspecified atom stereocenters. The Morgan fingerprint density at radius 2 is 1.83 bits per heavy atom. The van der Waals surface area contributed by atoms with Crippen molar-refractivity contribution in [3.63, 3.8) is 0 Å². The number of nitrogens with zero attached hydrogens (tertiary/aromatic N) is 2. The van der Waals surface area contributed by atoms with Gasteiger partial charge in [0, 0.05) is 10.6 Å². The first-order chi connectivity index (χ1) is 10.9. The van der Waals surface area contributed by atoms with Crippen LogP contribution in [0, 0.1) is 0 Å². The molecule has 0 saturated heterocycles. The van der Waals surface area contributed by atoms with E-state index in [-0.39, 0.29) is 15.7 Å². The van der Waals surface area contributed by atoms with E-state index in [1.807, 2.05) is 0 Å². The molecule has 2 rings (SSSR count). The minimum atomic E-state index is -4.81. The predicted molar refractivity (Wildman–Crippen MR) is 85.8 cm³/mol. The molecule has 1 aromatic carbocycles. The molecule has 24 heavy (non-hydrogen) atoms. The van der Waals surface area contributed by atoms with Crippen LogP contribution in [-0.4, -0.2) is 21.2 Å². The average molecular weight is 380 g/mol. The quantitative estimate of drug-likeness (QED) is 0.819. The second-order valence-electron chi connectivity index (χ2n) is 6.12. The average Bonchev–Trinajstić information content (AvgIpc) is 2.84. The summed E-state index contributed by atoms with van der Waals surface area (Å²) in [5.74, 6) is -0.876. The van der Waals surface area contributed by atoms with Crippen LogP contribution in [0.3, 0.4) is 0 Å². The summed E-state index contributed by atoms with van der Waals surface area (Å²) in [4.78, 5) is 12.2. The van der Waals surface area contributed by atoms with Crippen LogP contribution >= 0.6 is 23.2 Å². The highest BCUT2D eigenvalue weighted by molar-refractivity contribution is 6.34. The maximum absolute atomic E-state index is 13.5. The van der Waals surface area contributed by atoms with Gasteiger partial charge in [0.15, 0.2) is 5.69 Å². The lowest BCUT2D eigenvalue weighted by Gasteiger charge is -2.21. The first-order valence-corrected chi connectivity index (χ1v) is 7.59. The second-order valence-corrected chi connectivity index (χ2v) is 6.96. The lowest BCUT2D eigenvalue weighted by atomic mass is 10.1. The number of hydrogen-bond donors (Lipinski definition) is 1. The molecule has 0 aliphatic heterocycles. The summed E-state index contributed by atoms with van der Waals surface area (Å²) in [6.07, 6.45) is -3.95. The van der Waals surface area contributed by atoms with E-state index in [1.165, 1.54) is 18.2 Å². The lowest BCUT2D eigenvalue weighted by molar-refractivity contribution is -0.143. The van der Waals surface area contributed by atoms with Crippen LogP contribution in [-0.2, 0) is 6.18 Å². The van der Waals surface area contributed by atoms with Gasteiger partial charge in [-0.15, -0.1) is 0 Å². The SMILES string of the molecule is CC(C)(C)NC(=O)c1cnn(-c2cc(Cl)ccc2Cl)c1C(F)(F)F. The van der Waals surface area contributed by atoms with Crippen molar-refractivity contribution in [1.82, 2.24) is 15.1 Å². The van der Waals surface area contributed by atoms with Crippen molar-refractivity contribution < 1.29 is 18.0 Å². The third-order valence-electron chi connectivity index (χ3n) is 2.91. The smallest absolute Gasteiger partial charge is 0.347 e. The zero-order valence-corrected chi connectivity index (χ0v) is 14.5. The van der Waals surface area contributed by atoms with Gasteiger partial charge in [0.05, 0.1) is 22.5 Å². The maximum Gasteiger partial charge on any atom is 0.434 e. The summed E-state index contributed by atoms with van der Waals surface area (Å²) in [6.45, 7) is 4.99. The van der Waals surface area contributed by atoms with Gasteiger partial charge in [-0.25, -0.2) is 4.68 Å². The molecule has 0 aliphatic carbocycles. The van der Waals surface area contributed by atoms with Gasteiger partial charge in [0.1, 0.15) is 0 Å². The van der Waals surface area contributed by atoms with Crippen LogP contribution in [0.4, 0.5) is 13.2 Å². The monoisotopic (exact) mass is 379 g/mol. The number of halogens is 5. The van der Waals surface area contributed by atoms with Crippen molar-refractivity contribution >= 4 is 29.1 Å². The molecule has 0 aliphatic rings. The zero-order valence-electron chi connectivity index (χ0n) is 13.0. The van der Waals surface area contributed by atoms with E-state index in [0.29, 0.717) is 4.68 Å². The van der Waals surface area contributed by atoms with Crippen LogP contribution < -0.4 is 5.32 Å². The predicted octanol–water partition coefficient (Wildman–Crippen LogP) is 4.73. The number of carbonyl (C=O) groups excluding carboxylic acids is 1. The Labute approximate surface area is 146 Å². The molecule has 2 aromatic rings. The fourth-order valence-electron chi connectivity index (χ4n) is 2.03. The van der Waals surface area contributed by atoms with Crippen molar-refractivity contribution in [2.75, 3.05) is 0 Å². The molecular weight excluding hydrogens is 366 g/mol. The fraction of sp³-hybridized carbons (Fsp3) is 0.333. The van der Waals surface area contributed by atoms with Gasteiger partial charge in [-0.2, -0.15) is 18.3 Å². The third kappa shape index (κ3) is 4.02. The number of aromatic nitrogens is 2. The van der Waals surface area contributed by atoms with Gasteiger partial charge in [-0.05, 0) is 39.0 Å². The van der Waals surface area contributed by atoms with E-state index in [0.717, 1.165) is 6.20 Å². The van der Waals surface area contributed by atoms with Crippen molar-refractivity contribution in [3.05, 3.63) is 45.7 Å². The van der Waals surface area contributed by atoms with E-state index < -0.39 is 28.9 Å². The molecule has 0 spiro atoms. The number of benzene rings is 1. The minimum Gasteiger partial charge on any atom is -0.347 e. The molecule has 0 fully saturated rings. The summed E-state index contributed by atoms with van der Waals surface area (Å²) in [6, 6.07) is 4.05. The van der Waals surface area contributed by atoms with Crippen LogP contribution in [0.5, 0.6) is 0 Å². The first-order valence-electron chi connectivity index (χ1n) is 6.83. The normalized spacial score (nSPS) is 12.3. The van der Waals surface area contributed by atoms with Gasteiger partial charge in [0.25, 0.3) is 5.91 Å². The Bertz CT molecular complexity index is 779. The fourth-order valence-corrected chi connectivity index (χ4v) is 2.39. The van der Waals surface area contributed by atoms with E-state index >= 15 is 0 Å². The molecule has 1 N–H and O–H groups in total. The first kappa shape index (κ1) is 18.6. The molecule has 130 valence electrons. The number of carbonyl (C=O) groups is 1. The van der Waals surface area contributed by atoms with E-state index in [4.69, 9.17) is 23.2 Å². The Morgan fingerprint density at radius 3 is 2.38 bits per heavy atom. The number of hydrogen-bond acceptors (Lipinski definition) is 2. The van der Waals surface area contributed by atoms with Gasteiger partial charge < -0.3 is 5.32 Å². The van der Waals surface area contributed by atoms with Crippen LogP contribution in [0.2, 0.25) is 10.0 Å². The molecule has 1 amide bonds. The molecule has 1 aromatic heterocycles.